The van der Waals surface area contributed by atoms with E-state index in [4.69, 9.17) is 9.47 Å². The number of carbonyl (C=O) groups is 2. The summed E-state index contributed by atoms with van der Waals surface area (Å²) in [5.74, 6) is -0.597. The quantitative estimate of drug-likeness (QED) is 0.189. The number of aryl methyl sites for hydroxylation is 1. The minimum atomic E-state index is -0.858. The lowest BCUT2D eigenvalue weighted by atomic mass is 9.93. The Bertz CT molecular complexity index is 1530. The van der Waals surface area contributed by atoms with Crippen LogP contribution in [0.2, 0.25) is 0 Å². The number of fused-ring (bicyclic) bond motifs is 1. The molecule has 1 aliphatic heterocycles. The van der Waals surface area contributed by atoms with Crippen LogP contribution < -0.4 is 14.4 Å². The molecule has 5 rings (SSSR count). The van der Waals surface area contributed by atoms with E-state index in [0.29, 0.717) is 29.4 Å². The number of ketones is 1. The average Bonchev–Trinajstić information content (AvgIpc) is 3.39. The van der Waals surface area contributed by atoms with Gasteiger partial charge in [0.2, 0.25) is 0 Å². The van der Waals surface area contributed by atoms with E-state index in [1.165, 1.54) is 4.90 Å². The molecule has 0 spiro atoms. The fourth-order valence-electron chi connectivity index (χ4n) is 4.89. The van der Waals surface area contributed by atoms with Gasteiger partial charge in [-0.2, -0.15) is 0 Å². The van der Waals surface area contributed by atoms with E-state index in [1.807, 2.05) is 38.1 Å². The maximum atomic E-state index is 13.6. The third-order valence-corrected chi connectivity index (χ3v) is 6.57. The van der Waals surface area contributed by atoms with Crippen molar-refractivity contribution in [2.75, 3.05) is 18.6 Å². The second-order valence-electron chi connectivity index (χ2n) is 8.96. The second kappa shape index (κ2) is 9.85. The zero-order valence-electron chi connectivity index (χ0n) is 20.9. The number of aliphatic hydroxyl groups is 1. The molecule has 1 unspecified atom stereocenters. The van der Waals surface area contributed by atoms with Crippen molar-refractivity contribution in [1.82, 2.24) is 4.98 Å². The van der Waals surface area contributed by atoms with Gasteiger partial charge in [-0.15, -0.1) is 0 Å². The molecule has 37 heavy (non-hydrogen) atoms. The summed E-state index contributed by atoms with van der Waals surface area (Å²) in [5.41, 5.74) is 3.34. The van der Waals surface area contributed by atoms with Crippen LogP contribution in [0.3, 0.4) is 0 Å². The van der Waals surface area contributed by atoms with Gasteiger partial charge in [0, 0.05) is 39.5 Å². The SMILES string of the molecule is CCCOc1cccc(/C(O)=C2\C(=O)C(=O)N(c3cccc(OC)c3)C2c2c(C)[nH]c3ccccc23)c1. The summed E-state index contributed by atoms with van der Waals surface area (Å²) in [7, 11) is 1.54. The van der Waals surface area contributed by atoms with Crippen LogP contribution >= 0.6 is 0 Å². The monoisotopic (exact) mass is 496 g/mol. The summed E-state index contributed by atoms with van der Waals surface area (Å²) in [6, 6.07) is 20.8. The minimum absolute atomic E-state index is 0.0216. The van der Waals surface area contributed by atoms with Crippen LogP contribution in [-0.4, -0.2) is 35.5 Å². The number of carbonyl (C=O) groups excluding carboxylic acids is 2. The number of rotatable bonds is 7. The normalized spacial score (nSPS) is 16.9. The molecule has 1 atom stereocenters. The minimum Gasteiger partial charge on any atom is -0.507 e. The summed E-state index contributed by atoms with van der Waals surface area (Å²) >= 11 is 0. The van der Waals surface area contributed by atoms with Crippen LogP contribution in [-0.2, 0) is 9.59 Å². The number of H-pyrrole nitrogens is 1. The first kappa shape index (κ1) is 24.2. The molecule has 0 aliphatic carbocycles. The number of methoxy groups -OCH3 is 1. The Hall–Kier alpha value is -4.52. The highest BCUT2D eigenvalue weighted by atomic mass is 16.5. The number of hydrogen-bond acceptors (Lipinski definition) is 5. The van der Waals surface area contributed by atoms with Crippen LogP contribution in [0, 0.1) is 6.92 Å². The number of nitrogens with zero attached hydrogens (tertiary/aromatic N) is 1. The van der Waals surface area contributed by atoms with Gasteiger partial charge in [-0.05, 0) is 43.7 Å². The second-order valence-corrected chi connectivity index (χ2v) is 8.96. The molecule has 0 radical (unpaired) electrons. The van der Waals surface area contributed by atoms with Gasteiger partial charge < -0.3 is 19.6 Å². The summed E-state index contributed by atoms with van der Waals surface area (Å²) in [6.45, 7) is 4.44. The van der Waals surface area contributed by atoms with Crippen LogP contribution in [0.15, 0.2) is 78.4 Å². The number of aliphatic hydroxyl groups excluding tert-OH is 1. The molecule has 2 N–H and O–H groups in total. The van der Waals surface area contributed by atoms with Crippen molar-refractivity contribution >= 4 is 34.0 Å². The highest BCUT2D eigenvalue weighted by Gasteiger charge is 2.48. The Morgan fingerprint density at radius 2 is 1.76 bits per heavy atom. The zero-order valence-corrected chi connectivity index (χ0v) is 20.9. The van der Waals surface area contributed by atoms with E-state index in [0.717, 1.165) is 28.6 Å². The van der Waals surface area contributed by atoms with Crippen LogP contribution in [0.4, 0.5) is 5.69 Å². The molecule has 4 aromatic rings. The van der Waals surface area contributed by atoms with E-state index in [-0.39, 0.29) is 11.3 Å². The lowest BCUT2D eigenvalue weighted by molar-refractivity contribution is -0.132. The Morgan fingerprint density at radius 1 is 1.00 bits per heavy atom. The van der Waals surface area contributed by atoms with Crippen molar-refractivity contribution in [3.05, 3.63) is 95.2 Å². The molecule has 3 aromatic carbocycles. The van der Waals surface area contributed by atoms with Crippen molar-refractivity contribution in [1.29, 1.82) is 0 Å². The molecule has 0 bridgehead atoms. The molecule has 2 heterocycles. The first-order valence-electron chi connectivity index (χ1n) is 12.2. The lowest BCUT2D eigenvalue weighted by Crippen LogP contribution is -2.29. The number of aromatic nitrogens is 1. The van der Waals surface area contributed by atoms with Gasteiger partial charge in [-0.1, -0.05) is 43.3 Å². The zero-order chi connectivity index (χ0) is 26.1. The fraction of sp³-hybridized carbons (Fsp3) is 0.200. The van der Waals surface area contributed by atoms with Gasteiger partial charge in [0.05, 0.1) is 25.3 Å². The number of anilines is 1. The van der Waals surface area contributed by atoms with Crippen molar-refractivity contribution in [2.45, 2.75) is 26.3 Å². The van der Waals surface area contributed by atoms with Gasteiger partial charge in [-0.3, -0.25) is 14.5 Å². The molecular formula is C30H28N2O5. The van der Waals surface area contributed by atoms with E-state index in [2.05, 4.69) is 4.98 Å². The fourth-order valence-corrected chi connectivity index (χ4v) is 4.89. The summed E-state index contributed by atoms with van der Waals surface area (Å²) < 4.78 is 11.1. The van der Waals surface area contributed by atoms with E-state index < -0.39 is 17.7 Å². The van der Waals surface area contributed by atoms with E-state index in [1.54, 1.807) is 55.6 Å². The van der Waals surface area contributed by atoms with Crippen LogP contribution in [0.5, 0.6) is 11.5 Å². The van der Waals surface area contributed by atoms with Gasteiger partial charge in [0.25, 0.3) is 11.7 Å². The number of ether oxygens (including phenoxy) is 2. The molecule has 1 amide bonds. The molecule has 1 aromatic heterocycles. The summed E-state index contributed by atoms with van der Waals surface area (Å²) in [4.78, 5) is 32.0. The Kier molecular flexibility index (Phi) is 6.44. The first-order valence-corrected chi connectivity index (χ1v) is 12.2. The van der Waals surface area contributed by atoms with Crippen molar-refractivity contribution in [3.8, 4) is 11.5 Å². The highest BCUT2D eigenvalue weighted by Crippen LogP contribution is 2.46. The lowest BCUT2D eigenvalue weighted by Gasteiger charge is -2.26. The largest absolute Gasteiger partial charge is 0.507 e. The molecule has 0 saturated carbocycles. The van der Waals surface area contributed by atoms with Gasteiger partial charge in [0.1, 0.15) is 17.3 Å². The van der Waals surface area contributed by atoms with Gasteiger partial charge in [0.15, 0.2) is 0 Å². The number of amides is 1. The van der Waals surface area contributed by atoms with Gasteiger partial charge >= 0.3 is 0 Å². The van der Waals surface area contributed by atoms with Gasteiger partial charge in [-0.25, -0.2) is 0 Å². The van der Waals surface area contributed by atoms with Crippen molar-refractivity contribution in [3.63, 3.8) is 0 Å². The topological polar surface area (TPSA) is 91.9 Å². The predicted octanol–water partition coefficient (Wildman–Crippen LogP) is 5.90. The van der Waals surface area contributed by atoms with Crippen LogP contribution in [0.1, 0.15) is 36.2 Å². The third kappa shape index (κ3) is 4.22. The molecule has 1 saturated heterocycles. The van der Waals surface area contributed by atoms with Crippen molar-refractivity contribution in [2.24, 2.45) is 0 Å². The Balaban J connectivity index is 1.76. The Labute approximate surface area is 214 Å². The standard InChI is InChI=1S/C30H28N2O5/c1-4-15-37-22-12-7-9-19(16-22)28(33)26-27(25-18(2)31-24-14-6-5-13-23(24)25)32(30(35)29(26)34)20-10-8-11-21(17-20)36-3/h5-14,16-17,27,31,33H,4,15H2,1-3H3/b28-26+. The summed E-state index contributed by atoms with van der Waals surface area (Å²) in [6.07, 6.45) is 0.835. The number of nitrogens with one attached hydrogen (secondary N) is 1. The molecular weight excluding hydrogens is 468 g/mol. The van der Waals surface area contributed by atoms with Crippen LogP contribution in [0.25, 0.3) is 16.7 Å². The molecule has 7 nitrogen and oxygen atoms in total. The average molecular weight is 497 g/mol. The number of hydrogen-bond donors (Lipinski definition) is 2. The number of benzene rings is 3. The maximum absolute atomic E-state index is 13.6. The molecule has 188 valence electrons. The predicted molar refractivity (Wildman–Crippen MR) is 143 cm³/mol. The molecule has 7 heteroatoms. The Morgan fingerprint density at radius 3 is 2.54 bits per heavy atom. The highest BCUT2D eigenvalue weighted by molar-refractivity contribution is 6.52. The molecule has 1 aliphatic rings. The molecule has 1 fully saturated rings. The summed E-state index contributed by atoms with van der Waals surface area (Å²) in [5, 5.41) is 12.4. The maximum Gasteiger partial charge on any atom is 0.300 e. The van der Waals surface area contributed by atoms with E-state index >= 15 is 0 Å². The van der Waals surface area contributed by atoms with E-state index in [9.17, 15) is 14.7 Å². The third-order valence-electron chi connectivity index (χ3n) is 6.57. The first-order chi connectivity index (χ1) is 17.9. The number of Topliss-reactive ketones (excluding diaryl/α,β-unsaturated/α-hetero) is 1. The number of aromatic amines is 1. The smallest absolute Gasteiger partial charge is 0.300 e. The van der Waals surface area contributed by atoms with Crippen molar-refractivity contribution < 1.29 is 24.2 Å². The number of para-hydroxylation sites is 1.